The molecule has 1 heterocycles. The summed E-state index contributed by atoms with van der Waals surface area (Å²) < 4.78 is 21.4. The van der Waals surface area contributed by atoms with Crippen LogP contribution in [0.1, 0.15) is 20.8 Å². The lowest BCUT2D eigenvalue weighted by molar-refractivity contribution is -0.357. The van der Waals surface area contributed by atoms with E-state index in [-0.39, 0.29) is 18.3 Å². The zero-order valence-corrected chi connectivity index (χ0v) is 18.4. The molecule has 0 aromatic carbocycles. The molecule has 1 saturated heterocycles. The van der Waals surface area contributed by atoms with Gasteiger partial charge in [0.2, 0.25) is 0 Å². The number of esters is 1. The Bertz CT molecular complexity index is 548. The molecular formula is C18H34O9Si. The van der Waals surface area contributed by atoms with Crippen molar-refractivity contribution in [2.45, 2.75) is 75.2 Å². The minimum atomic E-state index is -2.43. The molecule has 4 N–H and O–H groups in total. The molecule has 28 heavy (non-hydrogen) atoms. The Morgan fingerprint density at radius 3 is 2.32 bits per heavy atom. The van der Waals surface area contributed by atoms with Gasteiger partial charge in [0.25, 0.3) is 5.79 Å². The Hall–Kier alpha value is -0.853. The lowest BCUT2D eigenvalue weighted by Crippen LogP contribution is -2.71. The van der Waals surface area contributed by atoms with Crippen LogP contribution in [-0.4, -0.2) is 91.3 Å². The van der Waals surface area contributed by atoms with Crippen molar-refractivity contribution in [3.8, 4) is 0 Å². The highest BCUT2D eigenvalue weighted by Gasteiger charge is 2.61. The van der Waals surface area contributed by atoms with Crippen molar-refractivity contribution in [3.05, 3.63) is 12.7 Å². The lowest BCUT2D eigenvalue weighted by atomic mass is 9.90. The molecular weight excluding hydrogens is 388 g/mol. The maximum Gasteiger partial charge on any atom is 0.369 e. The molecule has 0 radical (unpaired) electrons. The number of aliphatic hydroxyl groups is 4. The zero-order chi connectivity index (χ0) is 21.9. The molecule has 0 unspecified atom stereocenters. The standard InChI is InChI=1S/C18H34O9Si/c1-8-9-25-18(16(23)24-5)15(22)13(21)12(20)14(27-18)11(19)10-26-28(6,7)17(2,3)4/h8,11-15,19-22H,1,9-10H2,2-7H3/t11-,12-,13+,14-,15+,18-/m1/s1. The second kappa shape index (κ2) is 9.31. The van der Waals surface area contributed by atoms with E-state index >= 15 is 0 Å². The second-order valence-electron chi connectivity index (χ2n) is 8.41. The SMILES string of the molecule is C=CCO[C@@]1(C(=O)OC)O[C@H]([C@H](O)CO[Si](C)(C)C(C)(C)C)[C@H](O)[C@H](O)[C@@H]1O. The van der Waals surface area contributed by atoms with E-state index in [0.29, 0.717) is 0 Å². The summed E-state index contributed by atoms with van der Waals surface area (Å²) in [6, 6.07) is 0. The van der Waals surface area contributed by atoms with Gasteiger partial charge in [0, 0.05) is 0 Å². The quantitative estimate of drug-likeness (QED) is 0.241. The molecule has 0 aromatic heterocycles. The van der Waals surface area contributed by atoms with Crippen LogP contribution in [0.2, 0.25) is 18.1 Å². The van der Waals surface area contributed by atoms with Crippen LogP contribution in [0, 0.1) is 0 Å². The molecule has 0 aromatic rings. The predicted molar refractivity (Wildman–Crippen MR) is 103 cm³/mol. The first-order valence-electron chi connectivity index (χ1n) is 9.12. The van der Waals surface area contributed by atoms with Crippen LogP contribution in [-0.2, 0) is 23.4 Å². The van der Waals surface area contributed by atoms with Crippen LogP contribution in [0.5, 0.6) is 0 Å². The first kappa shape index (κ1) is 25.2. The molecule has 0 amide bonds. The molecule has 6 atom stereocenters. The number of aliphatic hydroxyl groups excluding tert-OH is 4. The maximum atomic E-state index is 12.3. The Morgan fingerprint density at radius 1 is 1.29 bits per heavy atom. The number of carbonyl (C=O) groups is 1. The first-order valence-corrected chi connectivity index (χ1v) is 12.0. The molecule has 1 aliphatic heterocycles. The van der Waals surface area contributed by atoms with Crippen molar-refractivity contribution in [3.63, 3.8) is 0 Å². The average molecular weight is 423 g/mol. The smallest absolute Gasteiger partial charge is 0.369 e. The average Bonchev–Trinajstić information content (AvgIpc) is 2.62. The van der Waals surface area contributed by atoms with Gasteiger partial charge in [0.05, 0.1) is 20.3 Å². The lowest BCUT2D eigenvalue weighted by Gasteiger charge is -2.47. The Morgan fingerprint density at radius 2 is 1.86 bits per heavy atom. The third kappa shape index (κ3) is 5.00. The molecule has 0 saturated carbocycles. The van der Waals surface area contributed by atoms with Gasteiger partial charge in [-0.1, -0.05) is 26.8 Å². The van der Waals surface area contributed by atoms with E-state index in [4.69, 9.17) is 13.9 Å². The maximum absolute atomic E-state index is 12.3. The molecule has 1 aliphatic rings. The summed E-state index contributed by atoms with van der Waals surface area (Å²) >= 11 is 0. The monoisotopic (exact) mass is 422 g/mol. The minimum absolute atomic E-state index is 0.114. The summed E-state index contributed by atoms with van der Waals surface area (Å²) in [5, 5.41) is 41.4. The van der Waals surface area contributed by atoms with Crippen LogP contribution < -0.4 is 0 Å². The van der Waals surface area contributed by atoms with Gasteiger partial charge in [-0.25, -0.2) is 4.79 Å². The Balaban J connectivity index is 3.10. The van der Waals surface area contributed by atoms with E-state index in [1.54, 1.807) is 0 Å². The largest absolute Gasteiger partial charge is 0.465 e. The predicted octanol–water partition coefficient (Wildman–Crippen LogP) is -0.0775. The van der Waals surface area contributed by atoms with Crippen LogP contribution in [0.3, 0.4) is 0 Å². The zero-order valence-electron chi connectivity index (χ0n) is 17.4. The van der Waals surface area contributed by atoms with Crippen molar-refractivity contribution in [2.24, 2.45) is 0 Å². The number of hydrogen-bond donors (Lipinski definition) is 4. The summed E-state index contributed by atoms with van der Waals surface area (Å²) in [5.41, 5.74) is 0. The summed E-state index contributed by atoms with van der Waals surface area (Å²) in [4.78, 5) is 12.3. The van der Waals surface area contributed by atoms with Crippen molar-refractivity contribution < 1.29 is 43.9 Å². The molecule has 1 rings (SSSR count). The molecule has 0 bridgehead atoms. The number of carbonyl (C=O) groups excluding carboxylic acids is 1. The van der Waals surface area contributed by atoms with E-state index < -0.39 is 50.6 Å². The summed E-state index contributed by atoms with van der Waals surface area (Å²) in [5.74, 6) is -3.54. The fourth-order valence-corrected chi connectivity index (χ4v) is 3.55. The number of rotatable bonds is 8. The van der Waals surface area contributed by atoms with Crippen LogP contribution in [0.25, 0.3) is 0 Å². The summed E-state index contributed by atoms with van der Waals surface area (Å²) in [6.07, 6.45) is -7.01. The van der Waals surface area contributed by atoms with Gasteiger partial charge in [0.15, 0.2) is 8.32 Å². The normalized spacial score (nSPS) is 32.6. The molecule has 0 aliphatic carbocycles. The Labute approximate surface area is 167 Å². The van der Waals surface area contributed by atoms with Crippen molar-refractivity contribution in [1.29, 1.82) is 0 Å². The van der Waals surface area contributed by atoms with E-state index in [1.807, 2.05) is 33.9 Å². The second-order valence-corrected chi connectivity index (χ2v) is 13.2. The third-order valence-corrected chi connectivity index (χ3v) is 9.90. The highest BCUT2D eigenvalue weighted by molar-refractivity contribution is 6.74. The van der Waals surface area contributed by atoms with Gasteiger partial charge in [-0.2, -0.15) is 0 Å². The van der Waals surface area contributed by atoms with Gasteiger partial charge in [-0.05, 0) is 18.1 Å². The molecule has 10 heteroatoms. The van der Waals surface area contributed by atoms with Crippen molar-refractivity contribution in [2.75, 3.05) is 20.3 Å². The first-order chi connectivity index (χ1) is 12.7. The van der Waals surface area contributed by atoms with Gasteiger partial charge in [0.1, 0.15) is 30.5 Å². The minimum Gasteiger partial charge on any atom is -0.465 e. The number of hydrogen-bond acceptors (Lipinski definition) is 9. The van der Waals surface area contributed by atoms with Gasteiger partial charge in [-0.3, -0.25) is 0 Å². The van der Waals surface area contributed by atoms with Gasteiger partial charge >= 0.3 is 5.97 Å². The van der Waals surface area contributed by atoms with Crippen molar-refractivity contribution >= 4 is 14.3 Å². The highest BCUT2D eigenvalue weighted by atomic mass is 28.4. The third-order valence-electron chi connectivity index (χ3n) is 5.40. The van der Waals surface area contributed by atoms with E-state index in [0.717, 1.165) is 7.11 Å². The molecule has 1 fully saturated rings. The van der Waals surface area contributed by atoms with Crippen molar-refractivity contribution in [1.82, 2.24) is 0 Å². The summed E-state index contributed by atoms with van der Waals surface area (Å²) in [6.45, 7) is 13.1. The molecule has 9 nitrogen and oxygen atoms in total. The summed E-state index contributed by atoms with van der Waals surface area (Å²) in [7, 11) is -1.16. The van der Waals surface area contributed by atoms with E-state index in [9.17, 15) is 25.2 Å². The van der Waals surface area contributed by atoms with Gasteiger partial charge in [-0.15, -0.1) is 6.58 Å². The van der Waals surface area contributed by atoms with E-state index in [1.165, 1.54) is 6.08 Å². The number of ether oxygens (including phenoxy) is 3. The molecule has 164 valence electrons. The van der Waals surface area contributed by atoms with Gasteiger partial charge < -0.3 is 39.1 Å². The Kier molecular flexibility index (Phi) is 8.37. The van der Waals surface area contributed by atoms with E-state index in [2.05, 4.69) is 11.3 Å². The fraction of sp³-hybridized carbons (Fsp3) is 0.833. The van der Waals surface area contributed by atoms with Crippen LogP contribution in [0.15, 0.2) is 12.7 Å². The number of methoxy groups -OCH3 is 1. The molecule has 0 spiro atoms. The topological polar surface area (TPSA) is 135 Å². The fourth-order valence-electron chi connectivity index (χ4n) is 2.53. The van der Waals surface area contributed by atoms with Crippen LogP contribution in [0.4, 0.5) is 0 Å². The highest BCUT2D eigenvalue weighted by Crippen LogP contribution is 2.38. The van der Waals surface area contributed by atoms with Crippen LogP contribution >= 0.6 is 0 Å².